The molecule has 1 aromatic carbocycles. The summed E-state index contributed by atoms with van der Waals surface area (Å²) in [6.45, 7) is 5.14. The highest BCUT2D eigenvalue weighted by atomic mass is 16.3. The van der Waals surface area contributed by atoms with E-state index in [9.17, 15) is 10.2 Å². The number of rotatable bonds is 4. The predicted octanol–water partition coefficient (Wildman–Crippen LogP) is 0.332. The maximum atomic E-state index is 9.64. The van der Waals surface area contributed by atoms with Crippen LogP contribution in [0.2, 0.25) is 0 Å². The van der Waals surface area contributed by atoms with E-state index in [-0.39, 0.29) is 12.4 Å². The zero-order valence-corrected chi connectivity index (χ0v) is 10.0. The Hall–Kier alpha value is -1.10. The van der Waals surface area contributed by atoms with Gasteiger partial charge in [0.1, 0.15) is 5.75 Å². The first-order valence-corrected chi connectivity index (χ1v) is 6.15. The molecule has 0 saturated carbocycles. The van der Waals surface area contributed by atoms with Crippen LogP contribution in [0.4, 0.5) is 0 Å². The summed E-state index contributed by atoms with van der Waals surface area (Å²) in [7, 11) is 0. The third kappa shape index (κ3) is 3.19. The average Bonchev–Trinajstić information content (AvgIpc) is 2.37. The van der Waals surface area contributed by atoms with Crippen LogP contribution in [-0.4, -0.2) is 47.8 Å². The Kier molecular flexibility index (Phi) is 4.36. The summed E-state index contributed by atoms with van der Waals surface area (Å²) >= 11 is 0. The first-order valence-electron chi connectivity index (χ1n) is 6.15. The maximum Gasteiger partial charge on any atom is 0.121 e. The summed E-state index contributed by atoms with van der Waals surface area (Å²) in [5, 5.41) is 22.2. The van der Waals surface area contributed by atoms with Crippen molar-refractivity contribution in [3.63, 3.8) is 0 Å². The van der Waals surface area contributed by atoms with Crippen LogP contribution >= 0.6 is 0 Å². The van der Waals surface area contributed by atoms with E-state index in [2.05, 4.69) is 10.2 Å². The van der Waals surface area contributed by atoms with E-state index in [0.717, 1.165) is 44.7 Å². The van der Waals surface area contributed by atoms with E-state index in [1.807, 2.05) is 12.1 Å². The second kappa shape index (κ2) is 6.00. The van der Waals surface area contributed by atoms with Gasteiger partial charge in [-0.25, -0.2) is 0 Å². The first kappa shape index (κ1) is 12.4. The number of phenols is 1. The Morgan fingerprint density at radius 1 is 1.24 bits per heavy atom. The van der Waals surface area contributed by atoms with Crippen molar-refractivity contribution in [3.8, 4) is 5.75 Å². The number of hydrogen-bond donors (Lipinski definition) is 3. The fraction of sp³-hybridized carbons (Fsp3) is 0.538. The van der Waals surface area contributed by atoms with Crippen LogP contribution < -0.4 is 5.32 Å². The predicted molar refractivity (Wildman–Crippen MR) is 67.0 cm³/mol. The summed E-state index contributed by atoms with van der Waals surface area (Å²) in [6.07, 6.45) is 0.879. The molecule has 1 heterocycles. The van der Waals surface area contributed by atoms with Gasteiger partial charge in [-0.2, -0.15) is 0 Å². The second-order valence-electron chi connectivity index (χ2n) is 4.41. The summed E-state index contributed by atoms with van der Waals surface area (Å²) in [4.78, 5) is 2.40. The summed E-state index contributed by atoms with van der Waals surface area (Å²) in [6, 6.07) is 5.44. The largest absolute Gasteiger partial charge is 0.508 e. The van der Waals surface area contributed by atoms with Crippen LogP contribution in [0.15, 0.2) is 18.2 Å². The zero-order chi connectivity index (χ0) is 12.1. The molecule has 1 aliphatic rings. The van der Waals surface area contributed by atoms with E-state index >= 15 is 0 Å². The molecule has 0 spiro atoms. The minimum absolute atomic E-state index is 0.0937. The van der Waals surface area contributed by atoms with Gasteiger partial charge in [-0.05, 0) is 18.1 Å². The van der Waals surface area contributed by atoms with Crippen molar-refractivity contribution in [2.75, 3.05) is 32.7 Å². The normalized spacial score (nSPS) is 17.2. The molecule has 0 atom stereocenters. The number of piperazine rings is 1. The van der Waals surface area contributed by atoms with Crippen molar-refractivity contribution in [1.29, 1.82) is 0 Å². The van der Waals surface area contributed by atoms with E-state index < -0.39 is 0 Å². The van der Waals surface area contributed by atoms with Crippen molar-refractivity contribution in [3.05, 3.63) is 29.3 Å². The molecule has 1 saturated heterocycles. The van der Waals surface area contributed by atoms with Crippen molar-refractivity contribution in [2.24, 2.45) is 0 Å². The van der Waals surface area contributed by atoms with E-state index in [0.29, 0.717) is 5.56 Å². The minimum atomic E-state index is -0.0937. The monoisotopic (exact) mass is 236 g/mol. The number of aromatic hydroxyl groups is 1. The van der Waals surface area contributed by atoms with Crippen molar-refractivity contribution in [1.82, 2.24) is 10.2 Å². The lowest BCUT2D eigenvalue weighted by Crippen LogP contribution is -2.44. The topological polar surface area (TPSA) is 55.7 Å². The molecular formula is C13H20N2O2. The number of hydrogen-bond acceptors (Lipinski definition) is 4. The molecule has 2 rings (SSSR count). The van der Waals surface area contributed by atoms with Gasteiger partial charge in [-0.1, -0.05) is 12.1 Å². The fourth-order valence-electron chi connectivity index (χ4n) is 2.25. The van der Waals surface area contributed by atoms with E-state index in [1.165, 1.54) is 0 Å². The molecule has 94 valence electrons. The maximum absolute atomic E-state index is 9.64. The van der Waals surface area contributed by atoms with Gasteiger partial charge in [0.25, 0.3) is 0 Å². The number of aliphatic hydroxyl groups excluding tert-OH is 1. The number of nitrogens with one attached hydrogen (secondary N) is 1. The number of aliphatic hydroxyl groups is 1. The molecule has 0 aliphatic carbocycles. The molecule has 17 heavy (non-hydrogen) atoms. The standard InChI is InChI=1S/C13H20N2O2/c16-10-12-11(2-1-3-13(12)17)4-7-15-8-5-14-6-9-15/h1-3,14,16-17H,4-10H2. The molecule has 0 bridgehead atoms. The highest BCUT2D eigenvalue weighted by Gasteiger charge is 2.11. The summed E-state index contributed by atoms with van der Waals surface area (Å²) < 4.78 is 0. The lowest BCUT2D eigenvalue weighted by atomic mass is 10.0. The van der Waals surface area contributed by atoms with Crippen LogP contribution in [0.1, 0.15) is 11.1 Å². The van der Waals surface area contributed by atoms with Crippen LogP contribution in [0.3, 0.4) is 0 Å². The lowest BCUT2D eigenvalue weighted by molar-refractivity contribution is 0.241. The van der Waals surface area contributed by atoms with Crippen LogP contribution in [-0.2, 0) is 13.0 Å². The minimum Gasteiger partial charge on any atom is -0.508 e. The summed E-state index contributed by atoms with van der Waals surface area (Å²) in [5.74, 6) is 0.199. The Bertz CT molecular complexity index is 362. The Morgan fingerprint density at radius 2 is 2.00 bits per heavy atom. The van der Waals surface area contributed by atoms with Gasteiger partial charge in [-0.3, -0.25) is 0 Å². The van der Waals surface area contributed by atoms with Gasteiger partial charge in [0.2, 0.25) is 0 Å². The number of nitrogens with zero attached hydrogens (tertiary/aromatic N) is 1. The Balaban J connectivity index is 1.95. The third-order valence-electron chi connectivity index (χ3n) is 3.31. The van der Waals surface area contributed by atoms with E-state index in [1.54, 1.807) is 6.07 Å². The molecule has 3 N–H and O–H groups in total. The Morgan fingerprint density at radius 3 is 2.71 bits per heavy atom. The number of benzene rings is 1. The van der Waals surface area contributed by atoms with Gasteiger partial charge < -0.3 is 20.4 Å². The van der Waals surface area contributed by atoms with Crippen molar-refractivity contribution >= 4 is 0 Å². The van der Waals surface area contributed by atoms with Crippen LogP contribution in [0.5, 0.6) is 5.75 Å². The molecule has 0 radical (unpaired) electrons. The molecule has 4 heteroatoms. The van der Waals surface area contributed by atoms with Crippen LogP contribution in [0, 0.1) is 0 Å². The molecular weight excluding hydrogens is 216 g/mol. The lowest BCUT2D eigenvalue weighted by Gasteiger charge is -2.27. The zero-order valence-electron chi connectivity index (χ0n) is 10.0. The quantitative estimate of drug-likeness (QED) is 0.705. The van der Waals surface area contributed by atoms with Crippen LogP contribution in [0.25, 0.3) is 0 Å². The molecule has 1 aliphatic heterocycles. The van der Waals surface area contributed by atoms with Gasteiger partial charge in [-0.15, -0.1) is 0 Å². The second-order valence-corrected chi connectivity index (χ2v) is 4.41. The van der Waals surface area contributed by atoms with Gasteiger partial charge in [0.15, 0.2) is 0 Å². The van der Waals surface area contributed by atoms with Crippen molar-refractivity contribution < 1.29 is 10.2 Å². The molecule has 0 unspecified atom stereocenters. The molecule has 0 aromatic heterocycles. The molecule has 1 aromatic rings. The van der Waals surface area contributed by atoms with Gasteiger partial charge in [0.05, 0.1) is 6.61 Å². The Labute approximate surface area is 102 Å². The molecule has 4 nitrogen and oxygen atoms in total. The SMILES string of the molecule is OCc1c(O)cccc1CCN1CCNCC1. The smallest absolute Gasteiger partial charge is 0.121 e. The highest BCUT2D eigenvalue weighted by Crippen LogP contribution is 2.21. The highest BCUT2D eigenvalue weighted by molar-refractivity contribution is 5.38. The molecule has 1 fully saturated rings. The third-order valence-corrected chi connectivity index (χ3v) is 3.31. The van der Waals surface area contributed by atoms with E-state index in [4.69, 9.17) is 0 Å². The first-order chi connectivity index (χ1) is 8.31. The fourth-order valence-corrected chi connectivity index (χ4v) is 2.25. The summed E-state index contributed by atoms with van der Waals surface area (Å²) in [5.41, 5.74) is 1.72. The van der Waals surface area contributed by atoms with Crippen molar-refractivity contribution in [2.45, 2.75) is 13.0 Å². The van der Waals surface area contributed by atoms with Gasteiger partial charge >= 0.3 is 0 Å². The molecule has 0 amide bonds. The average molecular weight is 236 g/mol. The van der Waals surface area contributed by atoms with Gasteiger partial charge in [0, 0.05) is 38.3 Å².